The summed E-state index contributed by atoms with van der Waals surface area (Å²) in [5, 5.41) is 2.79. The van der Waals surface area contributed by atoms with Gasteiger partial charge in [-0.2, -0.15) is 0 Å². The fourth-order valence-electron chi connectivity index (χ4n) is 1.39. The van der Waals surface area contributed by atoms with Gasteiger partial charge in [-0.3, -0.25) is 4.98 Å². The van der Waals surface area contributed by atoms with Gasteiger partial charge in [-0.15, -0.1) is 0 Å². The monoisotopic (exact) mass is 353 g/mol. The van der Waals surface area contributed by atoms with E-state index >= 15 is 0 Å². The lowest BCUT2D eigenvalue weighted by atomic mass is 10.1. The highest BCUT2D eigenvalue weighted by Gasteiger charge is 2.12. The van der Waals surface area contributed by atoms with Crippen molar-refractivity contribution in [3.05, 3.63) is 32.1 Å². The van der Waals surface area contributed by atoms with Crippen molar-refractivity contribution < 1.29 is 4.74 Å². The fraction of sp³-hybridized carbons (Fsp3) is 0.100. The molecule has 0 saturated heterocycles. The zero-order valence-electron chi connectivity index (χ0n) is 7.72. The van der Waals surface area contributed by atoms with Crippen molar-refractivity contribution in [1.29, 1.82) is 0 Å². The average molecular weight is 354 g/mol. The number of benzene rings is 1. The van der Waals surface area contributed by atoms with Crippen molar-refractivity contribution >= 4 is 56.6 Å². The summed E-state index contributed by atoms with van der Waals surface area (Å²) in [4.78, 5) is 4.10. The van der Waals surface area contributed by atoms with Gasteiger partial charge in [0, 0.05) is 32.8 Å². The Hall–Kier alpha value is -0.260. The molecule has 0 fully saturated rings. The molecule has 0 radical (unpaired) electrons. The maximum atomic E-state index is 6.14. The number of hydrogen-bond donors (Lipinski definition) is 0. The van der Waals surface area contributed by atoms with Gasteiger partial charge in [0.15, 0.2) is 0 Å². The first-order valence-corrected chi connectivity index (χ1v) is 5.94. The van der Waals surface area contributed by atoms with Gasteiger partial charge in [0.05, 0.1) is 17.2 Å². The lowest BCUT2D eigenvalue weighted by Crippen LogP contribution is -1.89. The number of rotatable bonds is 1. The Kier molecular flexibility index (Phi) is 3.23. The van der Waals surface area contributed by atoms with Gasteiger partial charge < -0.3 is 4.74 Å². The Morgan fingerprint density at radius 1 is 1.33 bits per heavy atom. The Morgan fingerprint density at radius 3 is 2.73 bits per heavy atom. The van der Waals surface area contributed by atoms with Crippen molar-refractivity contribution in [2.75, 3.05) is 7.11 Å². The predicted octanol–water partition coefficient (Wildman–Crippen LogP) is 4.15. The molecule has 0 amide bonds. The summed E-state index contributed by atoms with van der Waals surface area (Å²) in [6.07, 6.45) is 3.46. The third kappa shape index (κ3) is 1.88. The topological polar surface area (TPSA) is 22.1 Å². The molecule has 0 aliphatic carbocycles. The molecule has 2 rings (SSSR count). The van der Waals surface area contributed by atoms with Crippen LogP contribution in [0.5, 0.6) is 5.75 Å². The summed E-state index contributed by atoms with van der Waals surface area (Å²) in [5.74, 6) is 0.686. The maximum Gasteiger partial charge on any atom is 0.129 e. The number of nitrogens with zero attached hydrogens (tertiary/aromatic N) is 1. The maximum absolute atomic E-state index is 6.14. The van der Waals surface area contributed by atoms with Gasteiger partial charge in [-0.05, 0) is 22.6 Å². The standard InChI is InChI=1S/C10H6Cl2INO/c1-15-8-2-6(11)10(12)9-5(8)3-14-4-7(9)13/h2-4H,1H3. The van der Waals surface area contributed by atoms with Crippen molar-refractivity contribution in [2.45, 2.75) is 0 Å². The first-order chi connectivity index (χ1) is 7.15. The highest BCUT2D eigenvalue weighted by Crippen LogP contribution is 2.38. The van der Waals surface area contributed by atoms with Crippen LogP contribution in [0, 0.1) is 3.57 Å². The lowest BCUT2D eigenvalue weighted by Gasteiger charge is -2.09. The summed E-state index contributed by atoms with van der Waals surface area (Å²) in [5.41, 5.74) is 0. The molecule has 15 heavy (non-hydrogen) atoms. The molecule has 0 spiro atoms. The number of hydrogen-bond acceptors (Lipinski definition) is 2. The Bertz CT molecular complexity index is 530. The quantitative estimate of drug-likeness (QED) is 0.718. The number of halogens is 3. The van der Waals surface area contributed by atoms with Gasteiger partial charge in [-0.25, -0.2) is 0 Å². The molecular formula is C10H6Cl2INO. The van der Waals surface area contributed by atoms with E-state index in [1.54, 1.807) is 25.6 Å². The van der Waals surface area contributed by atoms with Crippen molar-refractivity contribution in [1.82, 2.24) is 4.98 Å². The van der Waals surface area contributed by atoms with Crippen LogP contribution in [0.2, 0.25) is 10.0 Å². The van der Waals surface area contributed by atoms with Crippen LogP contribution in [0.15, 0.2) is 18.5 Å². The van der Waals surface area contributed by atoms with Crippen LogP contribution in [0.3, 0.4) is 0 Å². The van der Waals surface area contributed by atoms with Crippen LogP contribution < -0.4 is 4.74 Å². The second kappa shape index (κ2) is 4.31. The van der Waals surface area contributed by atoms with Crippen molar-refractivity contribution in [3.63, 3.8) is 0 Å². The molecule has 0 atom stereocenters. The van der Waals surface area contributed by atoms with E-state index in [4.69, 9.17) is 27.9 Å². The molecule has 0 aliphatic rings. The molecule has 5 heteroatoms. The second-order valence-corrected chi connectivity index (χ2v) is 4.87. The minimum atomic E-state index is 0.491. The summed E-state index contributed by atoms with van der Waals surface area (Å²) < 4.78 is 6.19. The van der Waals surface area contributed by atoms with E-state index in [2.05, 4.69) is 27.6 Å². The third-order valence-corrected chi connectivity index (χ3v) is 3.68. The van der Waals surface area contributed by atoms with Gasteiger partial charge in [0.25, 0.3) is 0 Å². The summed E-state index contributed by atoms with van der Waals surface area (Å²) in [6, 6.07) is 1.70. The fourth-order valence-corrected chi connectivity index (χ4v) is 2.72. The zero-order chi connectivity index (χ0) is 11.0. The molecule has 2 aromatic rings. The summed E-state index contributed by atoms with van der Waals surface area (Å²) in [6.45, 7) is 0. The normalized spacial score (nSPS) is 10.7. The second-order valence-electron chi connectivity index (χ2n) is 2.92. The predicted molar refractivity (Wildman–Crippen MR) is 71.0 cm³/mol. The molecule has 0 saturated carbocycles. The third-order valence-electron chi connectivity index (χ3n) is 2.07. The van der Waals surface area contributed by atoms with E-state index in [9.17, 15) is 0 Å². The van der Waals surface area contributed by atoms with E-state index < -0.39 is 0 Å². The molecule has 78 valence electrons. The molecular weight excluding hydrogens is 348 g/mol. The van der Waals surface area contributed by atoms with Gasteiger partial charge in [-0.1, -0.05) is 23.2 Å². The lowest BCUT2D eigenvalue weighted by molar-refractivity contribution is 0.420. The molecule has 0 bridgehead atoms. The average Bonchev–Trinajstić information content (AvgIpc) is 2.23. The first-order valence-electron chi connectivity index (χ1n) is 4.10. The number of pyridine rings is 1. The first kappa shape index (κ1) is 11.2. The Morgan fingerprint density at radius 2 is 2.07 bits per heavy atom. The smallest absolute Gasteiger partial charge is 0.129 e. The number of aromatic nitrogens is 1. The van der Waals surface area contributed by atoms with E-state index in [1.807, 2.05) is 0 Å². The van der Waals surface area contributed by atoms with Crippen LogP contribution >= 0.6 is 45.8 Å². The molecule has 0 N–H and O–H groups in total. The van der Waals surface area contributed by atoms with E-state index in [0.29, 0.717) is 15.8 Å². The molecule has 0 aliphatic heterocycles. The molecule has 2 nitrogen and oxygen atoms in total. The van der Waals surface area contributed by atoms with E-state index in [0.717, 1.165) is 14.3 Å². The van der Waals surface area contributed by atoms with Gasteiger partial charge in [0.1, 0.15) is 5.75 Å². The Labute approximate surface area is 111 Å². The van der Waals surface area contributed by atoms with Crippen LogP contribution in [0.1, 0.15) is 0 Å². The SMILES string of the molecule is COc1cc(Cl)c(Cl)c2c(I)cncc12. The van der Waals surface area contributed by atoms with E-state index in [1.165, 1.54) is 0 Å². The number of ether oxygens (including phenoxy) is 1. The van der Waals surface area contributed by atoms with E-state index in [-0.39, 0.29) is 0 Å². The zero-order valence-corrected chi connectivity index (χ0v) is 11.4. The van der Waals surface area contributed by atoms with Crippen LogP contribution in [-0.2, 0) is 0 Å². The molecule has 1 heterocycles. The highest BCUT2D eigenvalue weighted by molar-refractivity contribution is 14.1. The van der Waals surface area contributed by atoms with Crippen LogP contribution in [-0.4, -0.2) is 12.1 Å². The molecule has 1 aromatic carbocycles. The largest absolute Gasteiger partial charge is 0.496 e. The van der Waals surface area contributed by atoms with Crippen LogP contribution in [0.25, 0.3) is 10.8 Å². The summed E-state index contributed by atoms with van der Waals surface area (Å²) in [7, 11) is 1.60. The highest BCUT2D eigenvalue weighted by atomic mass is 127. The van der Waals surface area contributed by atoms with Crippen molar-refractivity contribution in [3.8, 4) is 5.75 Å². The molecule has 1 aromatic heterocycles. The van der Waals surface area contributed by atoms with Gasteiger partial charge in [0.2, 0.25) is 0 Å². The Balaban J connectivity index is 2.96. The number of fused-ring (bicyclic) bond motifs is 1. The minimum Gasteiger partial charge on any atom is -0.496 e. The van der Waals surface area contributed by atoms with Crippen LogP contribution in [0.4, 0.5) is 0 Å². The van der Waals surface area contributed by atoms with Crippen molar-refractivity contribution in [2.24, 2.45) is 0 Å². The number of methoxy groups -OCH3 is 1. The van der Waals surface area contributed by atoms with Gasteiger partial charge >= 0.3 is 0 Å². The molecule has 0 unspecified atom stereocenters. The summed E-state index contributed by atoms with van der Waals surface area (Å²) >= 11 is 14.3. The minimum absolute atomic E-state index is 0.491.